The summed E-state index contributed by atoms with van der Waals surface area (Å²) < 4.78 is 11.0. The fraction of sp³-hybridized carbons (Fsp3) is 0.286. The molecule has 2 aromatic rings. The first-order chi connectivity index (χ1) is 9.75. The molecule has 1 aliphatic heterocycles. The Kier molecular flexibility index (Phi) is 3.39. The molecule has 6 heteroatoms. The van der Waals surface area contributed by atoms with Crippen LogP contribution in [0, 0.1) is 10.1 Å². The summed E-state index contributed by atoms with van der Waals surface area (Å²) in [5, 5.41) is 11.1. The highest BCUT2D eigenvalue weighted by Gasteiger charge is 2.27. The summed E-state index contributed by atoms with van der Waals surface area (Å²) in [6.45, 7) is 1.68. The highest BCUT2D eigenvalue weighted by atomic mass is 16.6. The lowest BCUT2D eigenvalue weighted by molar-refractivity contribution is -0.384. The number of rotatable bonds is 3. The number of nitro benzene ring substituents is 1. The number of hydrogen-bond donors (Lipinski definition) is 0. The van der Waals surface area contributed by atoms with E-state index in [1.54, 1.807) is 24.5 Å². The summed E-state index contributed by atoms with van der Waals surface area (Å²) in [4.78, 5) is 12.7. The molecule has 1 aromatic carbocycles. The Morgan fingerprint density at radius 1 is 1.25 bits per heavy atom. The first kappa shape index (κ1) is 12.7. The predicted octanol–water partition coefficient (Wildman–Crippen LogP) is 2.77. The van der Waals surface area contributed by atoms with E-state index in [1.807, 2.05) is 17.0 Å². The first-order valence-corrected chi connectivity index (χ1v) is 6.39. The number of furan rings is 1. The molecule has 6 nitrogen and oxygen atoms in total. The van der Waals surface area contributed by atoms with E-state index in [9.17, 15) is 10.1 Å². The second-order valence-corrected chi connectivity index (χ2v) is 4.57. The maximum atomic E-state index is 11.1. The van der Waals surface area contributed by atoms with Gasteiger partial charge in [0.15, 0.2) is 0 Å². The summed E-state index contributed by atoms with van der Waals surface area (Å²) in [7, 11) is 0. The van der Waals surface area contributed by atoms with Gasteiger partial charge in [0.2, 0.25) is 0 Å². The summed E-state index contributed by atoms with van der Waals surface area (Å²) in [6, 6.07) is 10.4. The third kappa shape index (κ3) is 2.37. The van der Waals surface area contributed by atoms with Gasteiger partial charge in [-0.05, 0) is 18.2 Å². The van der Waals surface area contributed by atoms with Crippen molar-refractivity contribution in [1.82, 2.24) is 0 Å². The largest absolute Gasteiger partial charge is 0.467 e. The molecule has 0 aliphatic carbocycles. The van der Waals surface area contributed by atoms with Crippen molar-refractivity contribution < 1.29 is 14.1 Å². The Balaban J connectivity index is 1.86. The second-order valence-electron chi connectivity index (χ2n) is 4.57. The smallest absolute Gasteiger partial charge is 0.292 e. The van der Waals surface area contributed by atoms with E-state index in [4.69, 9.17) is 9.15 Å². The van der Waals surface area contributed by atoms with Gasteiger partial charge in [0, 0.05) is 12.6 Å². The fourth-order valence-electron chi connectivity index (χ4n) is 2.40. The third-order valence-electron chi connectivity index (χ3n) is 3.35. The van der Waals surface area contributed by atoms with Gasteiger partial charge in [-0.1, -0.05) is 12.1 Å². The molecule has 0 radical (unpaired) electrons. The van der Waals surface area contributed by atoms with Crippen LogP contribution in [0.3, 0.4) is 0 Å². The minimum absolute atomic E-state index is 0.118. The summed E-state index contributed by atoms with van der Waals surface area (Å²) >= 11 is 0. The van der Waals surface area contributed by atoms with E-state index in [1.165, 1.54) is 6.07 Å². The van der Waals surface area contributed by atoms with Gasteiger partial charge in [-0.15, -0.1) is 0 Å². The van der Waals surface area contributed by atoms with Crippen molar-refractivity contribution in [2.24, 2.45) is 0 Å². The number of morpholine rings is 1. The van der Waals surface area contributed by atoms with Crippen LogP contribution in [-0.2, 0) is 4.74 Å². The van der Waals surface area contributed by atoms with E-state index in [-0.39, 0.29) is 16.7 Å². The molecule has 0 N–H and O–H groups in total. The van der Waals surface area contributed by atoms with E-state index >= 15 is 0 Å². The molecule has 104 valence electrons. The Labute approximate surface area is 115 Å². The van der Waals surface area contributed by atoms with Crippen LogP contribution in [0.25, 0.3) is 0 Å². The molecule has 0 saturated carbocycles. The number of para-hydroxylation sites is 2. The summed E-state index contributed by atoms with van der Waals surface area (Å²) in [5.41, 5.74) is 0.741. The Morgan fingerprint density at radius 3 is 2.85 bits per heavy atom. The zero-order chi connectivity index (χ0) is 13.9. The average molecular weight is 274 g/mol. The van der Waals surface area contributed by atoms with Crippen LogP contribution >= 0.6 is 0 Å². The number of hydrogen-bond acceptors (Lipinski definition) is 5. The number of nitrogens with zero attached hydrogens (tertiary/aromatic N) is 2. The van der Waals surface area contributed by atoms with Gasteiger partial charge >= 0.3 is 0 Å². The highest BCUT2D eigenvalue weighted by Crippen LogP contribution is 2.32. The van der Waals surface area contributed by atoms with Gasteiger partial charge in [0.1, 0.15) is 17.6 Å². The number of anilines is 1. The average Bonchev–Trinajstić information content (AvgIpc) is 3.01. The number of nitro groups is 1. The van der Waals surface area contributed by atoms with E-state index < -0.39 is 0 Å². The van der Waals surface area contributed by atoms with Gasteiger partial charge in [0.25, 0.3) is 5.69 Å². The molecule has 3 rings (SSSR count). The zero-order valence-corrected chi connectivity index (χ0v) is 10.8. The van der Waals surface area contributed by atoms with Crippen LogP contribution in [0.2, 0.25) is 0 Å². The van der Waals surface area contributed by atoms with Crippen molar-refractivity contribution in [3.8, 4) is 0 Å². The minimum Gasteiger partial charge on any atom is -0.467 e. The monoisotopic (exact) mass is 274 g/mol. The van der Waals surface area contributed by atoms with Crippen LogP contribution in [0.5, 0.6) is 0 Å². The van der Waals surface area contributed by atoms with Gasteiger partial charge in [0.05, 0.1) is 24.3 Å². The van der Waals surface area contributed by atoms with Crippen LogP contribution < -0.4 is 4.90 Å². The van der Waals surface area contributed by atoms with Crippen molar-refractivity contribution in [3.63, 3.8) is 0 Å². The first-order valence-electron chi connectivity index (χ1n) is 6.39. The van der Waals surface area contributed by atoms with Gasteiger partial charge in [-0.2, -0.15) is 0 Å². The molecule has 1 saturated heterocycles. The molecule has 1 aliphatic rings. The standard InChI is InChI=1S/C14H14N2O4/c17-16(18)12-5-2-1-4-11(12)15-7-9-20-14(10-15)13-6-3-8-19-13/h1-6,8,14H,7,9-10H2. The zero-order valence-electron chi connectivity index (χ0n) is 10.8. The lowest BCUT2D eigenvalue weighted by Gasteiger charge is -2.33. The SMILES string of the molecule is O=[N+]([O-])c1ccccc1N1CCOC(c2ccco2)C1. The molecule has 0 spiro atoms. The van der Waals surface area contributed by atoms with Crippen LogP contribution in [0.1, 0.15) is 11.9 Å². The predicted molar refractivity (Wildman–Crippen MR) is 72.7 cm³/mol. The summed E-state index contributed by atoms with van der Waals surface area (Å²) in [5.74, 6) is 0.744. The van der Waals surface area contributed by atoms with E-state index in [2.05, 4.69) is 0 Å². The molecule has 1 unspecified atom stereocenters. The lowest BCUT2D eigenvalue weighted by atomic mass is 10.2. The lowest BCUT2D eigenvalue weighted by Crippen LogP contribution is -2.38. The molecule has 0 amide bonds. The van der Waals surface area contributed by atoms with E-state index in [0.29, 0.717) is 25.4 Å². The minimum atomic E-state index is -0.354. The third-order valence-corrected chi connectivity index (χ3v) is 3.35. The van der Waals surface area contributed by atoms with Crippen molar-refractivity contribution in [2.75, 3.05) is 24.6 Å². The molecule has 0 bridgehead atoms. The fourth-order valence-corrected chi connectivity index (χ4v) is 2.40. The quantitative estimate of drug-likeness (QED) is 0.636. The second kappa shape index (κ2) is 5.34. The van der Waals surface area contributed by atoms with Crippen molar-refractivity contribution >= 4 is 11.4 Å². The maximum Gasteiger partial charge on any atom is 0.292 e. The number of ether oxygens (including phenoxy) is 1. The maximum absolute atomic E-state index is 11.1. The normalized spacial score (nSPS) is 19.0. The summed E-state index contributed by atoms with van der Waals surface area (Å²) in [6.07, 6.45) is 1.40. The topological polar surface area (TPSA) is 68.8 Å². The Bertz CT molecular complexity index is 597. The van der Waals surface area contributed by atoms with Gasteiger partial charge in [-0.25, -0.2) is 0 Å². The highest BCUT2D eigenvalue weighted by molar-refractivity contribution is 5.63. The van der Waals surface area contributed by atoms with Crippen molar-refractivity contribution in [2.45, 2.75) is 6.10 Å². The molecule has 20 heavy (non-hydrogen) atoms. The molecule has 1 atom stereocenters. The van der Waals surface area contributed by atoms with Gasteiger partial charge in [-0.3, -0.25) is 10.1 Å². The van der Waals surface area contributed by atoms with Crippen molar-refractivity contribution in [1.29, 1.82) is 0 Å². The van der Waals surface area contributed by atoms with Crippen LogP contribution in [0.15, 0.2) is 47.1 Å². The number of benzene rings is 1. The Hall–Kier alpha value is -2.34. The van der Waals surface area contributed by atoms with Gasteiger partial charge < -0.3 is 14.1 Å². The molecule has 1 fully saturated rings. The molecule has 2 heterocycles. The molecular weight excluding hydrogens is 260 g/mol. The molecule has 1 aromatic heterocycles. The van der Waals surface area contributed by atoms with E-state index in [0.717, 1.165) is 5.76 Å². The molecular formula is C14H14N2O4. The van der Waals surface area contributed by atoms with Crippen LogP contribution in [-0.4, -0.2) is 24.6 Å². The Morgan fingerprint density at radius 2 is 2.10 bits per heavy atom. The van der Waals surface area contributed by atoms with Crippen LogP contribution in [0.4, 0.5) is 11.4 Å². The van der Waals surface area contributed by atoms with Crippen molar-refractivity contribution in [3.05, 3.63) is 58.5 Å².